The van der Waals surface area contributed by atoms with Gasteiger partial charge in [0.1, 0.15) is 23.2 Å². The average Bonchev–Trinajstić information content (AvgIpc) is 2.70. The van der Waals surface area contributed by atoms with Gasteiger partial charge in [0.15, 0.2) is 0 Å². The van der Waals surface area contributed by atoms with Crippen LogP contribution >= 0.6 is 11.6 Å². The van der Waals surface area contributed by atoms with Gasteiger partial charge in [0.05, 0.1) is 29.6 Å². The van der Waals surface area contributed by atoms with E-state index in [9.17, 15) is 9.59 Å². The third kappa shape index (κ3) is 3.20. The summed E-state index contributed by atoms with van der Waals surface area (Å²) in [6.45, 7) is 2.77. The van der Waals surface area contributed by atoms with Gasteiger partial charge in [0, 0.05) is 12.7 Å². The molecule has 1 unspecified atom stereocenters. The predicted octanol–water partition coefficient (Wildman–Crippen LogP) is 3.37. The molecule has 1 atom stereocenters. The Morgan fingerprint density at radius 1 is 1.29 bits per heavy atom. The number of pyridine rings is 1. The zero-order valence-electron chi connectivity index (χ0n) is 15.5. The van der Waals surface area contributed by atoms with E-state index in [0.717, 1.165) is 11.3 Å². The molecule has 144 valence electrons. The van der Waals surface area contributed by atoms with E-state index >= 15 is 0 Å². The number of benzene rings is 2. The molecule has 28 heavy (non-hydrogen) atoms. The SMILES string of the molecule is COc1ccc(CNC(=O)c2cn3c4c(ccc(Cl)c4c2=O)OC(C)C3)cc1. The monoisotopic (exact) mass is 398 g/mol. The molecule has 2 aromatic carbocycles. The second kappa shape index (κ2) is 7.20. The smallest absolute Gasteiger partial charge is 0.257 e. The average molecular weight is 399 g/mol. The van der Waals surface area contributed by atoms with E-state index in [1.807, 2.05) is 35.8 Å². The fourth-order valence-electron chi connectivity index (χ4n) is 3.42. The topological polar surface area (TPSA) is 69.6 Å². The van der Waals surface area contributed by atoms with Crippen molar-refractivity contribution in [1.29, 1.82) is 0 Å². The molecule has 0 saturated heterocycles. The lowest BCUT2D eigenvalue weighted by molar-refractivity contribution is 0.0948. The minimum Gasteiger partial charge on any atom is -0.497 e. The summed E-state index contributed by atoms with van der Waals surface area (Å²) in [6.07, 6.45) is 1.52. The van der Waals surface area contributed by atoms with Crippen molar-refractivity contribution in [2.45, 2.75) is 26.1 Å². The summed E-state index contributed by atoms with van der Waals surface area (Å²) in [5.74, 6) is 0.899. The number of ether oxygens (including phenoxy) is 2. The molecule has 1 amide bonds. The number of hydrogen-bond donors (Lipinski definition) is 1. The van der Waals surface area contributed by atoms with E-state index in [4.69, 9.17) is 21.1 Å². The summed E-state index contributed by atoms with van der Waals surface area (Å²) in [7, 11) is 1.60. The molecular weight excluding hydrogens is 380 g/mol. The van der Waals surface area contributed by atoms with Gasteiger partial charge in [-0.2, -0.15) is 0 Å². The summed E-state index contributed by atoms with van der Waals surface area (Å²) >= 11 is 6.29. The molecule has 1 aliphatic heterocycles. The lowest BCUT2D eigenvalue weighted by atomic mass is 10.1. The van der Waals surface area contributed by atoms with Crippen LogP contribution in [0, 0.1) is 0 Å². The summed E-state index contributed by atoms with van der Waals surface area (Å²) in [6, 6.07) is 10.7. The predicted molar refractivity (Wildman–Crippen MR) is 107 cm³/mol. The van der Waals surface area contributed by atoms with Crippen molar-refractivity contribution >= 4 is 28.4 Å². The molecule has 0 bridgehead atoms. The maximum Gasteiger partial charge on any atom is 0.257 e. The van der Waals surface area contributed by atoms with Crippen LogP contribution in [0.5, 0.6) is 11.5 Å². The van der Waals surface area contributed by atoms with Gasteiger partial charge in [0.25, 0.3) is 5.91 Å². The number of hydrogen-bond acceptors (Lipinski definition) is 4. The van der Waals surface area contributed by atoms with Gasteiger partial charge in [0.2, 0.25) is 5.43 Å². The van der Waals surface area contributed by atoms with Crippen molar-refractivity contribution in [3.63, 3.8) is 0 Å². The van der Waals surface area contributed by atoms with E-state index in [1.165, 1.54) is 0 Å². The van der Waals surface area contributed by atoms with Gasteiger partial charge in [-0.15, -0.1) is 0 Å². The van der Waals surface area contributed by atoms with E-state index in [2.05, 4.69) is 5.32 Å². The number of amides is 1. The standard InChI is InChI=1S/C21H19ClN2O4/c1-12-10-24-11-15(20(25)18-16(22)7-8-17(28-12)19(18)24)21(26)23-9-13-3-5-14(27-2)6-4-13/h3-8,11-12H,9-10H2,1-2H3,(H,23,26). The van der Waals surface area contributed by atoms with Crippen molar-refractivity contribution in [1.82, 2.24) is 9.88 Å². The molecule has 1 N–H and O–H groups in total. The summed E-state index contributed by atoms with van der Waals surface area (Å²) in [4.78, 5) is 25.7. The fraction of sp³-hybridized carbons (Fsp3) is 0.238. The normalized spacial score (nSPS) is 15.2. The highest BCUT2D eigenvalue weighted by Crippen LogP contribution is 2.33. The van der Waals surface area contributed by atoms with Gasteiger partial charge in [-0.05, 0) is 36.8 Å². The Morgan fingerprint density at radius 3 is 2.75 bits per heavy atom. The molecular formula is C21H19ClN2O4. The molecule has 3 aromatic rings. The van der Waals surface area contributed by atoms with Gasteiger partial charge >= 0.3 is 0 Å². The van der Waals surface area contributed by atoms with Crippen molar-refractivity contribution < 1.29 is 14.3 Å². The number of methoxy groups -OCH3 is 1. The Balaban J connectivity index is 1.68. The van der Waals surface area contributed by atoms with Crippen LogP contribution in [0.25, 0.3) is 10.9 Å². The second-order valence-corrected chi connectivity index (χ2v) is 7.16. The molecule has 0 radical (unpaired) electrons. The third-order valence-electron chi connectivity index (χ3n) is 4.77. The number of rotatable bonds is 4. The Hall–Kier alpha value is -2.99. The van der Waals surface area contributed by atoms with Crippen LogP contribution in [0.3, 0.4) is 0 Å². The summed E-state index contributed by atoms with van der Waals surface area (Å²) in [5.41, 5.74) is 1.19. The van der Waals surface area contributed by atoms with Crippen LogP contribution in [0.2, 0.25) is 5.02 Å². The molecule has 6 nitrogen and oxygen atoms in total. The van der Waals surface area contributed by atoms with Crippen LogP contribution in [0.4, 0.5) is 0 Å². The highest BCUT2D eigenvalue weighted by atomic mass is 35.5. The Labute approximate surface area is 166 Å². The van der Waals surface area contributed by atoms with Crippen LogP contribution in [0.15, 0.2) is 47.4 Å². The number of aromatic nitrogens is 1. The zero-order valence-corrected chi connectivity index (χ0v) is 16.2. The van der Waals surface area contributed by atoms with Crippen LogP contribution in [-0.2, 0) is 13.1 Å². The van der Waals surface area contributed by atoms with Crippen LogP contribution in [0.1, 0.15) is 22.8 Å². The van der Waals surface area contributed by atoms with Crippen LogP contribution in [-0.4, -0.2) is 23.7 Å². The van der Waals surface area contributed by atoms with Gasteiger partial charge in [-0.3, -0.25) is 9.59 Å². The number of halogens is 1. The molecule has 1 aromatic heterocycles. The van der Waals surface area contributed by atoms with Crippen molar-refractivity contribution in [2.75, 3.05) is 7.11 Å². The van der Waals surface area contributed by atoms with Gasteiger partial charge < -0.3 is 19.4 Å². The highest BCUT2D eigenvalue weighted by molar-refractivity contribution is 6.35. The van der Waals surface area contributed by atoms with Crippen molar-refractivity contribution in [3.8, 4) is 11.5 Å². The number of carbonyl (C=O) groups is 1. The molecule has 7 heteroatoms. The highest BCUT2D eigenvalue weighted by Gasteiger charge is 2.24. The molecule has 4 rings (SSSR count). The van der Waals surface area contributed by atoms with Gasteiger partial charge in [-0.25, -0.2) is 0 Å². The first-order valence-corrected chi connectivity index (χ1v) is 9.29. The van der Waals surface area contributed by atoms with E-state index < -0.39 is 11.3 Å². The lowest BCUT2D eigenvalue weighted by Crippen LogP contribution is -2.32. The minimum atomic E-state index is -0.438. The van der Waals surface area contributed by atoms with E-state index in [0.29, 0.717) is 34.8 Å². The Morgan fingerprint density at radius 2 is 2.04 bits per heavy atom. The zero-order chi connectivity index (χ0) is 19.8. The molecule has 1 aliphatic rings. The Bertz CT molecular complexity index is 1120. The fourth-order valence-corrected chi connectivity index (χ4v) is 3.65. The minimum absolute atomic E-state index is 0.0640. The number of carbonyl (C=O) groups excluding carboxylic acids is 1. The molecule has 2 heterocycles. The Kier molecular flexibility index (Phi) is 4.73. The maximum absolute atomic E-state index is 13.0. The summed E-state index contributed by atoms with van der Waals surface area (Å²) in [5, 5.41) is 3.42. The quantitative estimate of drug-likeness (QED) is 0.731. The summed E-state index contributed by atoms with van der Waals surface area (Å²) < 4.78 is 12.8. The first-order valence-electron chi connectivity index (χ1n) is 8.91. The maximum atomic E-state index is 13.0. The van der Waals surface area contributed by atoms with Crippen LogP contribution < -0.4 is 20.2 Å². The third-order valence-corrected chi connectivity index (χ3v) is 5.09. The molecule has 0 saturated carbocycles. The number of nitrogens with one attached hydrogen (secondary N) is 1. The first kappa shape index (κ1) is 18.4. The van der Waals surface area contributed by atoms with E-state index in [1.54, 1.807) is 25.4 Å². The molecule has 0 fully saturated rings. The number of nitrogens with zero attached hydrogens (tertiary/aromatic N) is 1. The second-order valence-electron chi connectivity index (χ2n) is 6.75. The van der Waals surface area contributed by atoms with Gasteiger partial charge in [-0.1, -0.05) is 23.7 Å². The first-order chi connectivity index (χ1) is 13.5. The molecule has 0 aliphatic carbocycles. The van der Waals surface area contributed by atoms with E-state index in [-0.39, 0.29) is 11.7 Å². The lowest BCUT2D eigenvalue weighted by Gasteiger charge is -2.26. The van der Waals surface area contributed by atoms with Crippen molar-refractivity contribution in [3.05, 3.63) is 69.0 Å². The largest absolute Gasteiger partial charge is 0.497 e. The molecule has 0 spiro atoms. The van der Waals surface area contributed by atoms with Crippen molar-refractivity contribution in [2.24, 2.45) is 0 Å².